The standard InChI is InChI=1S/C10H21NO2/c1-8(7-11)9(12)13-6-5-10(2,3)4/h8H,5-7,11H2,1-4H3. The van der Waals surface area contributed by atoms with Crippen molar-refractivity contribution in [3.05, 3.63) is 0 Å². The molecule has 0 heterocycles. The molecule has 0 aromatic heterocycles. The van der Waals surface area contributed by atoms with E-state index in [0.717, 1.165) is 6.42 Å². The summed E-state index contributed by atoms with van der Waals surface area (Å²) in [6.07, 6.45) is 0.885. The first-order chi connectivity index (χ1) is 5.87. The zero-order valence-corrected chi connectivity index (χ0v) is 9.09. The van der Waals surface area contributed by atoms with E-state index >= 15 is 0 Å². The summed E-state index contributed by atoms with van der Waals surface area (Å²) in [6, 6.07) is 0. The second-order valence-corrected chi connectivity index (χ2v) is 4.61. The molecule has 0 aliphatic carbocycles. The lowest BCUT2D eigenvalue weighted by Crippen LogP contribution is -2.24. The highest BCUT2D eigenvalue weighted by molar-refractivity contribution is 5.72. The van der Waals surface area contributed by atoms with Crippen LogP contribution in [-0.4, -0.2) is 19.1 Å². The van der Waals surface area contributed by atoms with Gasteiger partial charge in [-0.15, -0.1) is 0 Å². The van der Waals surface area contributed by atoms with Crippen molar-refractivity contribution in [2.45, 2.75) is 34.1 Å². The molecular weight excluding hydrogens is 166 g/mol. The van der Waals surface area contributed by atoms with E-state index in [1.165, 1.54) is 0 Å². The molecule has 0 amide bonds. The Morgan fingerprint density at radius 1 is 1.46 bits per heavy atom. The number of rotatable bonds is 4. The van der Waals surface area contributed by atoms with Crippen molar-refractivity contribution in [1.82, 2.24) is 0 Å². The number of esters is 1. The molecule has 0 aliphatic rings. The van der Waals surface area contributed by atoms with Gasteiger partial charge in [-0.05, 0) is 11.8 Å². The summed E-state index contributed by atoms with van der Waals surface area (Å²) in [5, 5.41) is 0. The predicted molar refractivity (Wildman–Crippen MR) is 53.2 cm³/mol. The van der Waals surface area contributed by atoms with E-state index in [2.05, 4.69) is 20.8 Å². The molecule has 0 aliphatic heterocycles. The number of hydrogen-bond donors (Lipinski definition) is 1. The van der Waals surface area contributed by atoms with Crippen molar-refractivity contribution in [2.75, 3.05) is 13.2 Å². The van der Waals surface area contributed by atoms with Crippen LogP contribution in [0.4, 0.5) is 0 Å². The number of carbonyl (C=O) groups excluding carboxylic acids is 1. The van der Waals surface area contributed by atoms with Crippen molar-refractivity contribution in [1.29, 1.82) is 0 Å². The first-order valence-corrected chi connectivity index (χ1v) is 4.73. The molecule has 0 fully saturated rings. The molecule has 3 nitrogen and oxygen atoms in total. The van der Waals surface area contributed by atoms with Crippen LogP contribution in [-0.2, 0) is 9.53 Å². The second kappa shape index (κ2) is 5.22. The minimum Gasteiger partial charge on any atom is -0.465 e. The van der Waals surface area contributed by atoms with Crippen LogP contribution >= 0.6 is 0 Å². The second-order valence-electron chi connectivity index (χ2n) is 4.61. The third-order valence-corrected chi connectivity index (χ3v) is 1.85. The molecule has 0 rings (SSSR count). The lowest BCUT2D eigenvalue weighted by molar-refractivity contribution is -0.148. The molecular formula is C10H21NO2. The summed E-state index contributed by atoms with van der Waals surface area (Å²) < 4.78 is 5.05. The Morgan fingerprint density at radius 2 is 2.00 bits per heavy atom. The Balaban J connectivity index is 3.60. The van der Waals surface area contributed by atoms with E-state index in [1.54, 1.807) is 6.92 Å². The quantitative estimate of drug-likeness (QED) is 0.679. The van der Waals surface area contributed by atoms with Crippen LogP contribution < -0.4 is 5.73 Å². The van der Waals surface area contributed by atoms with Gasteiger partial charge in [0.1, 0.15) is 0 Å². The topological polar surface area (TPSA) is 52.3 Å². The summed E-state index contributed by atoms with van der Waals surface area (Å²) in [6.45, 7) is 8.98. The van der Waals surface area contributed by atoms with Gasteiger partial charge < -0.3 is 10.5 Å². The van der Waals surface area contributed by atoms with Gasteiger partial charge in [0, 0.05) is 6.54 Å². The Bertz CT molecular complexity index is 161. The monoisotopic (exact) mass is 187 g/mol. The van der Waals surface area contributed by atoms with Gasteiger partial charge in [-0.3, -0.25) is 4.79 Å². The Labute approximate surface area is 80.6 Å². The van der Waals surface area contributed by atoms with Crippen LogP contribution in [0.1, 0.15) is 34.1 Å². The number of ether oxygens (including phenoxy) is 1. The Kier molecular flexibility index (Phi) is 4.99. The van der Waals surface area contributed by atoms with Crippen LogP contribution in [0.15, 0.2) is 0 Å². The molecule has 3 heteroatoms. The summed E-state index contributed by atoms with van der Waals surface area (Å²) in [4.78, 5) is 11.2. The highest BCUT2D eigenvalue weighted by atomic mass is 16.5. The van der Waals surface area contributed by atoms with E-state index in [4.69, 9.17) is 10.5 Å². The van der Waals surface area contributed by atoms with Gasteiger partial charge in [0.25, 0.3) is 0 Å². The molecule has 0 saturated carbocycles. The smallest absolute Gasteiger partial charge is 0.309 e. The molecule has 78 valence electrons. The van der Waals surface area contributed by atoms with Crippen molar-refractivity contribution in [2.24, 2.45) is 17.1 Å². The minimum atomic E-state index is -0.188. The van der Waals surface area contributed by atoms with Gasteiger partial charge in [-0.1, -0.05) is 27.7 Å². The third-order valence-electron chi connectivity index (χ3n) is 1.85. The maximum Gasteiger partial charge on any atom is 0.309 e. The van der Waals surface area contributed by atoms with Crippen molar-refractivity contribution in [3.63, 3.8) is 0 Å². The van der Waals surface area contributed by atoms with Crippen LogP contribution in [0.3, 0.4) is 0 Å². The molecule has 0 spiro atoms. The number of hydrogen-bond acceptors (Lipinski definition) is 3. The summed E-state index contributed by atoms with van der Waals surface area (Å²) >= 11 is 0. The van der Waals surface area contributed by atoms with E-state index in [1.807, 2.05) is 0 Å². The molecule has 13 heavy (non-hydrogen) atoms. The van der Waals surface area contributed by atoms with Gasteiger partial charge in [0.15, 0.2) is 0 Å². The largest absolute Gasteiger partial charge is 0.465 e. The zero-order valence-electron chi connectivity index (χ0n) is 9.09. The fourth-order valence-corrected chi connectivity index (χ4v) is 0.696. The molecule has 0 aromatic rings. The van der Waals surface area contributed by atoms with E-state index in [-0.39, 0.29) is 17.3 Å². The molecule has 2 N–H and O–H groups in total. The predicted octanol–water partition coefficient (Wildman–Crippen LogP) is 1.56. The SMILES string of the molecule is CC(CN)C(=O)OCCC(C)(C)C. The molecule has 0 radical (unpaired) electrons. The summed E-state index contributed by atoms with van der Waals surface area (Å²) in [5.74, 6) is -0.369. The first kappa shape index (κ1) is 12.4. The average Bonchev–Trinajstić information content (AvgIpc) is 2.00. The molecule has 0 bridgehead atoms. The molecule has 0 saturated heterocycles. The van der Waals surface area contributed by atoms with Crippen molar-refractivity contribution in [3.8, 4) is 0 Å². The zero-order chi connectivity index (χ0) is 10.5. The van der Waals surface area contributed by atoms with Crippen LogP contribution in [0.2, 0.25) is 0 Å². The Morgan fingerprint density at radius 3 is 2.38 bits per heavy atom. The van der Waals surface area contributed by atoms with Crippen LogP contribution in [0, 0.1) is 11.3 Å². The maximum atomic E-state index is 11.2. The Hall–Kier alpha value is -0.570. The maximum absolute atomic E-state index is 11.2. The van der Waals surface area contributed by atoms with Crippen LogP contribution in [0.5, 0.6) is 0 Å². The minimum absolute atomic E-state index is 0.181. The van der Waals surface area contributed by atoms with Crippen LogP contribution in [0.25, 0.3) is 0 Å². The highest BCUT2D eigenvalue weighted by Crippen LogP contribution is 2.18. The van der Waals surface area contributed by atoms with Crippen molar-refractivity contribution < 1.29 is 9.53 Å². The van der Waals surface area contributed by atoms with Gasteiger partial charge in [0.2, 0.25) is 0 Å². The first-order valence-electron chi connectivity index (χ1n) is 4.73. The fraction of sp³-hybridized carbons (Fsp3) is 0.900. The molecule has 1 unspecified atom stereocenters. The average molecular weight is 187 g/mol. The van der Waals surface area contributed by atoms with E-state index in [0.29, 0.717) is 13.2 Å². The fourth-order valence-electron chi connectivity index (χ4n) is 0.696. The number of carbonyl (C=O) groups is 1. The van der Waals surface area contributed by atoms with Gasteiger partial charge in [-0.2, -0.15) is 0 Å². The number of nitrogens with two attached hydrogens (primary N) is 1. The van der Waals surface area contributed by atoms with E-state index in [9.17, 15) is 4.79 Å². The summed E-state index contributed by atoms with van der Waals surface area (Å²) in [7, 11) is 0. The highest BCUT2D eigenvalue weighted by Gasteiger charge is 2.14. The van der Waals surface area contributed by atoms with Crippen molar-refractivity contribution >= 4 is 5.97 Å². The third kappa shape index (κ3) is 6.58. The lowest BCUT2D eigenvalue weighted by Gasteiger charge is -2.18. The van der Waals surface area contributed by atoms with Gasteiger partial charge >= 0.3 is 5.97 Å². The summed E-state index contributed by atoms with van der Waals surface area (Å²) in [5.41, 5.74) is 5.54. The van der Waals surface area contributed by atoms with E-state index < -0.39 is 0 Å². The lowest BCUT2D eigenvalue weighted by atomic mass is 9.93. The van der Waals surface area contributed by atoms with Gasteiger partial charge in [-0.25, -0.2) is 0 Å². The molecule has 0 aromatic carbocycles. The normalized spacial score (nSPS) is 13.9. The van der Waals surface area contributed by atoms with Gasteiger partial charge in [0.05, 0.1) is 12.5 Å². The molecule has 1 atom stereocenters.